The number of aliphatic hydroxyl groups excluding tert-OH is 1. The Morgan fingerprint density at radius 3 is 2.29 bits per heavy atom. The summed E-state index contributed by atoms with van der Waals surface area (Å²) in [5, 5.41) is 9.86. The quantitative estimate of drug-likeness (QED) is 0.182. The van der Waals surface area contributed by atoms with Crippen molar-refractivity contribution in [2.24, 2.45) is 0 Å². The van der Waals surface area contributed by atoms with Crippen molar-refractivity contribution in [1.82, 2.24) is 4.90 Å². The molecule has 3 unspecified atom stereocenters. The Bertz CT molecular complexity index is 897. The van der Waals surface area contributed by atoms with E-state index in [1.807, 2.05) is 36.4 Å². The van der Waals surface area contributed by atoms with Crippen molar-refractivity contribution in [2.75, 3.05) is 13.2 Å². The molecule has 2 aromatic rings. The summed E-state index contributed by atoms with van der Waals surface area (Å²) >= 11 is 4.03. The second-order valence-corrected chi connectivity index (χ2v) is 10.8. The number of hydrogen-bond acceptors (Lipinski definition) is 5. The minimum Gasteiger partial charge on any atom is -0.462 e. The molecule has 0 amide bonds. The Balaban J connectivity index is 1.45. The van der Waals surface area contributed by atoms with Gasteiger partial charge in [-0.2, -0.15) is 0 Å². The van der Waals surface area contributed by atoms with E-state index in [-0.39, 0.29) is 30.8 Å². The summed E-state index contributed by atoms with van der Waals surface area (Å²) in [6, 6.07) is 20.4. The molecule has 2 aromatic carbocycles. The first-order valence-electron chi connectivity index (χ1n) is 12.6. The molecule has 34 heavy (non-hydrogen) atoms. The number of hydrogen-bond donors (Lipinski definition) is 1. The number of rotatable bonds is 11. The van der Waals surface area contributed by atoms with Crippen LogP contribution in [0.4, 0.5) is 0 Å². The van der Waals surface area contributed by atoms with Crippen LogP contribution in [0, 0.1) is 0 Å². The van der Waals surface area contributed by atoms with Gasteiger partial charge in [-0.25, -0.2) is 0 Å². The van der Waals surface area contributed by atoms with Gasteiger partial charge in [0, 0.05) is 38.0 Å². The molecule has 5 nitrogen and oxygen atoms in total. The number of aliphatic hydroxyl groups is 1. The largest absolute Gasteiger partial charge is 0.462 e. The minimum atomic E-state index is -0.636. The van der Waals surface area contributed by atoms with Crippen molar-refractivity contribution < 1.29 is 19.4 Å². The van der Waals surface area contributed by atoms with Crippen molar-refractivity contribution in [1.29, 1.82) is 0 Å². The van der Waals surface area contributed by atoms with Crippen molar-refractivity contribution >= 4 is 21.9 Å². The lowest BCUT2D eigenvalue weighted by Crippen LogP contribution is -2.58. The average molecular weight is 531 g/mol. The van der Waals surface area contributed by atoms with Gasteiger partial charge in [-0.3, -0.25) is 9.69 Å². The second kappa shape index (κ2) is 11.8. The van der Waals surface area contributed by atoms with Gasteiger partial charge in [-0.15, -0.1) is 0 Å². The SMILES string of the molecule is CCCCOC(Br)(Cc1ccccc1)N1[C@@H]2CC[C@H]1CC(OC(=O)C(CO)c1ccccc1)C2. The molecule has 0 spiro atoms. The maximum atomic E-state index is 12.9. The second-order valence-electron chi connectivity index (χ2n) is 9.52. The van der Waals surface area contributed by atoms with Crippen LogP contribution in [0.15, 0.2) is 60.7 Å². The number of carbonyl (C=O) groups is 1. The van der Waals surface area contributed by atoms with E-state index >= 15 is 0 Å². The monoisotopic (exact) mass is 529 g/mol. The van der Waals surface area contributed by atoms with Crippen LogP contribution in [-0.2, 0) is 20.7 Å². The Kier molecular flexibility index (Phi) is 8.81. The molecule has 6 heteroatoms. The summed E-state index contributed by atoms with van der Waals surface area (Å²) in [4.78, 5) is 15.4. The molecule has 0 radical (unpaired) electrons. The molecule has 1 N–H and O–H groups in total. The lowest BCUT2D eigenvalue weighted by molar-refractivity contribution is -0.163. The summed E-state index contributed by atoms with van der Waals surface area (Å²) in [5.74, 6) is -0.970. The molecule has 0 aliphatic carbocycles. The number of esters is 1. The Hall–Kier alpha value is -1.73. The van der Waals surface area contributed by atoms with Gasteiger partial charge in [0.15, 0.2) is 4.63 Å². The maximum absolute atomic E-state index is 12.9. The summed E-state index contributed by atoms with van der Waals surface area (Å²) in [6.07, 6.45) is 6.45. The van der Waals surface area contributed by atoms with E-state index in [9.17, 15) is 9.90 Å². The van der Waals surface area contributed by atoms with Crippen LogP contribution in [0.2, 0.25) is 0 Å². The first-order chi connectivity index (χ1) is 16.5. The van der Waals surface area contributed by atoms with Crippen molar-refractivity contribution in [3.05, 3.63) is 71.8 Å². The third-order valence-electron chi connectivity index (χ3n) is 7.11. The van der Waals surface area contributed by atoms with Gasteiger partial charge in [0.1, 0.15) is 12.0 Å². The van der Waals surface area contributed by atoms with E-state index in [0.717, 1.165) is 50.5 Å². The Morgan fingerprint density at radius 1 is 1.09 bits per heavy atom. The summed E-state index contributed by atoms with van der Waals surface area (Å²) in [5.41, 5.74) is 2.03. The van der Waals surface area contributed by atoms with E-state index in [1.54, 1.807) is 0 Å². The molecule has 4 rings (SSSR count). The summed E-state index contributed by atoms with van der Waals surface area (Å²) in [7, 11) is 0. The highest BCUT2D eigenvalue weighted by molar-refractivity contribution is 9.10. The van der Waals surface area contributed by atoms with Crippen LogP contribution in [0.25, 0.3) is 0 Å². The molecule has 2 saturated heterocycles. The fraction of sp³-hybridized carbons (Fsp3) is 0.536. The molecule has 2 aliphatic heterocycles. The highest BCUT2D eigenvalue weighted by Gasteiger charge is 2.51. The van der Waals surface area contributed by atoms with Crippen LogP contribution < -0.4 is 0 Å². The topological polar surface area (TPSA) is 59.0 Å². The molecule has 0 aromatic heterocycles. The van der Waals surface area contributed by atoms with Crippen LogP contribution in [0.5, 0.6) is 0 Å². The number of ether oxygens (including phenoxy) is 2. The van der Waals surface area contributed by atoms with Gasteiger partial charge in [0.05, 0.1) is 6.61 Å². The number of halogens is 1. The predicted octanol–water partition coefficient (Wildman–Crippen LogP) is 5.41. The lowest BCUT2D eigenvalue weighted by Gasteiger charge is -2.48. The third kappa shape index (κ3) is 5.91. The number of alkyl halides is 1. The van der Waals surface area contributed by atoms with Crippen molar-refractivity contribution in [3.63, 3.8) is 0 Å². The van der Waals surface area contributed by atoms with Crippen LogP contribution >= 0.6 is 15.9 Å². The Labute approximate surface area is 211 Å². The molecule has 2 aliphatic rings. The molecule has 0 saturated carbocycles. The van der Waals surface area contributed by atoms with Crippen LogP contribution in [0.1, 0.15) is 62.5 Å². The minimum absolute atomic E-state index is 0.136. The maximum Gasteiger partial charge on any atom is 0.316 e. The molecular formula is C28H36BrNO4. The van der Waals surface area contributed by atoms with Gasteiger partial charge in [0.25, 0.3) is 0 Å². The number of nitrogens with zero attached hydrogens (tertiary/aromatic N) is 1. The predicted molar refractivity (Wildman–Crippen MR) is 137 cm³/mol. The highest BCUT2D eigenvalue weighted by atomic mass is 79.9. The van der Waals surface area contributed by atoms with Gasteiger partial charge >= 0.3 is 5.97 Å². The molecule has 2 bridgehead atoms. The molecular weight excluding hydrogens is 494 g/mol. The van der Waals surface area contributed by atoms with E-state index < -0.39 is 10.6 Å². The summed E-state index contributed by atoms with van der Waals surface area (Å²) < 4.78 is 11.9. The smallest absolute Gasteiger partial charge is 0.316 e. The van der Waals surface area contributed by atoms with Gasteiger partial charge in [-0.05, 0) is 46.3 Å². The van der Waals surface area contributed by atoms with Crippen molar-refractivity contribution in [2.45, 2.75) is 80.6 Å². The van der Waals surface area contributed by atoms with Crippen LogP contribution in [0.3, 0.4) is 0 Å². The summed E-state index contributed by atoms with van der Waals surface area (Å²) in [6.45, 7) is 2.63. The van der Waals surface area contributed by atoms with E-state index in [1.165, 1.54) is 5.56 Å². The molecule has 2 heterocycles. The normalized spacial score (nSPS) is 25.0. The number of carbonyl (C=O) groups excluding carboxylic acids is 1. The lowest BCUT2D eigenvalue weighted by atomic mass is 9.96. The Morgan fingerprint density at radius 2 is 1.71 bits per heavy atom. The number of unbranched alkanes of at least 4 members (excludes halogenated alkanes) is 1. The third-order valence-corrected chi connectivity index (χ3v) is 8.03. The van der Waals surface area contributed by atoms with Gasteiger partial charge in [0.2, 0.25) is 0 Å². The highest BCUT2D eigenvalue weighted by Crippen LogP contribution is 2.46. The first kappa shape index (κ1) is 25.4. The van der Waals surface area contributed by atoms with Crippen LogP contribution in [-0.4, -0.2) is 52.0 Å². The fourth-order valence-corrected chi connectivity index (χ4v) is 6.52. The van der Waals surface area contributed by atoms with E-state index in [2.05, 4.69) is 52.0 Å². The number of piperidine rings is 1. The van der Waals surface area contributed by atoms with E-state index in [4.69, 9.17) is 9.47 Å². The van der Waals surface area contributed by atoms with Crippen molar-refractivity contribution in [3.8, 4) is 0 Å². The molecule has 2 fully saturated rings. The van der Waals surface area contributed by atoms with Gasteiger partial charge < -0.3 is 14.6 Å². The molecule has 184 valence electrons. The van der Waals surface area contributed by atoms with E-state index in [0.29, 0.717) is 6.61 Å². The first-order valence-corrected chi connectivity index (χ1v) is 13.3. The average Bonchev–Trinajstić information content (AvgIpc) is 3.13. The molecule has 5 atom stereocenters. The fourth-order valence-electron chi connectivity index (χ4n) is 5.45. The zero-order valence-corrected chi connectivity index (χ0v) is 21.5. The van der Waals surface area contributed by atoms with Gasteiger partial charge in [-0.1, -0.05) is 74.0 Å². The standard InChI is InChI=1S/C28H36BrNO4/c1-2-3-16-33-28(29,19-21-10-6-4-7-11-21)30-23-14-15-24(30)18-25(17-23)34-27(32)26(20-31)22-12-8-5-9-13-22/h4-13,23-26,31H,2-3,14-20H2,1H3/t23-,24+,25?,26?,28?. The zero-order chi connectivity index (χ0) is 24.0. The number of benzene rings is 2. The number of fused-ring (bicyclic) bond motifs is 2. The zero-order valence-electron chi connectivity index (χ0n) is 19.9.